The van der Waals surface area contributed by atoms with Gasteiger partial charge < -0.3 is 72.4 Å². The van der Waals surface area contributed by atoms with Crippen LogP contribution in [0, 0.1) is 11.8 Å². The lowest BCUT2D eigenvalue weighted by molar-refractivity contribution is -0.123. The highest BCUT2D eigenvalue weighted by atomic mass is 16.6. The maximum Gasteiger partial charge on any atom is 0.229 e. The number of para-hydroxylation sites is 1. The molecule has 18 nitrogen and oxygen atoms in total. The van der Waals surface area contributed by atoms with Crippen LogP contribution in [0.4, 0.5) is 5.69 Å². The molecule has 3 amide bonds. The third-order valence-corrected chi connectivity index (χ3v) is 9.02. The van der Waals surface area contributed by atoms with Crippen LogP contribution in [0.2, 0.25) is 0 Å². The first-order valence-corrected chi connectivity index (χ1v) is 22.5. The average Bonchev–Trinajstić information content (AvgIpc) is 3.30. The lowest BCUT2D eigenvalue weighted by Gasteiger charge is -2.26. The van der Waals surface area contributed by atoms with Gasteiger partial charge in [-0.1, -0.05) is 42.2 Å². The van der Waals surface area contributed by atoms with Crippen molar-refractivity contribution in [1.82, 2.24) is 10.6 Å². The number of fused-ring (bicyclic) bond motifs is 2. The summed E-state index contributed by atoms with van der Waals surface area (Å²) in [5, 5.41) is 5.48. The van der Waals surface area contributed by atoms with Gasteiger partial charge in [-0.05, 0) is 23.8 Å². The largest absolute Gasteiger partial charge is 0.379 e. The molecule has 364 valence electrons. The number of nitrogens with zero attached hydrogens (tertiary/aromatic N) is 1. The molecule has 18 heteroatoms. The maximum atomic E-state index is 13.3. The molecule has 0 aromatic heterocycles. The Balaban J connectivity index is 0.960. The minimum atomic E-state index is -0.176. The molecular weight excluding hydrogens is 847 g/mol. The van der Waals surface area contributed by atoms with Crippen molar-refractivity contribution in [2.75, 3.05) is 177 Å². The van der Waals surface area contributed by atoms with Crippen LogP contribution < -0.4 is 15.5 Å². The second kappa shape index (κ2) is 39.1. The Kier molecular flexibility index (Phi) is 33.3. The predicted molar refractivity (Wildman–Crippen MR) is 241 cm³/mol. The summed E-state index contributed by atoms with van der Waals surface area (Å²) in [5.41, 5.74) is 3.45. The van der Waals surface area contributed by atoms with E-state index in [9.17, 15) is 14.4 Å². The van der Waals surface area contributed by atoms with Crippen LogP contribution in [-0.2, 0) is 77.8 Å². The number of nitrogens with one attached hydrogen (secondary N) is 2. The normalized spacial score (nSPS) is 11.9. The van der Waals surface area contributed by atoms with Gasteiger partial charge >= 0.3 is 0 Å². The van der Waals surface area contributed by atoms with Gasteiger partial charge in [-0.2, -0.15) is 0 Å². The van der Waals surface area contributed by atoms with Crippen LogP contribution in [0.5, 0.6) is 0 Å². The van der Waals surface area contributed by atoms with Gasteiger partial charge in [-0.3, -0.25) is 14.4 Å². The summed E-state index contributed by atoms with van der Waals surface area (Å²) in [5.74, 6) is 6.09. The van der Waals surface area contributed by atoms with Crippen molar-refractivity contribution in [2.24, 2.45) is 0 Å². The fraction of sp³-hybridized carbons (Fsp3) is 0.638. The minimum Gasteiger partial charge on any atom is -0.379 e. The summed E-state index contributed by atoms with van der Waals surface area (Å²) >= 11 is 0. The molecule has 0 atom stereocenters. The van der Waals surface area contributed by atoms with Crippen molar-refractivity contribution in [1.29, 1.82) is 0 Å². The first kappa shape index (κ1) is 55.3. The third kappa shape index (κ3) is 29.2. The van der Waals surface area contributed by atoms with E-state index in [1.807, 2.05) is 48.5 Å². The number of hydrogen-bond acceptors (Lipinski definition) is 15. The Bertz CT molecular complexity index is 1610. The van der Waals surface area contributed by atoms with E-state index in [0.29, 0.717) is 165 Å². The van der Waals surface area contributed by atoms with E-state index in [0.717, 1.165) is 22.4 Å². The van der Waals surface area contributed by atoms with Crippen molar-refractivity contribution in [3.8, 4) is 11.8 Å². The summed E-state index contributed by atoms with van der Waals surface area (Å²) < 4.78 is 65.7. The van der Waals surface area contributed by atoms with Crippen molar-refractivity contribution >= 4 is 23.4 Å². The van der Waals surface area contributed by atoms with Gasteiger partial charge in [-0.15, -0.1) is 0 Å². The number of amides is 3. The second-order valence-corrected chi connectivity index (χ2v) is 14.1. The molecule has 2 aromatic carbocycles. The Morgan fingerprint density at radius 1 is 0.446 bits per heavy atom. The molecule has 1 aliphatic rings. The summed E-state index contributed by atoms with van der Waals surface area (Å²) in [4.78, 5) is 38.1. The fourth-order valence-corrected chi connectivity index (χ4v) is 5.72. The van der Waals surface area contributed by atoms with Gasteiger partial charge in [0, 0.05) is 44.0 Å². The number of rotatable bonds is 42. The average molecular weight is 918 g/mol. The van der Waals surface area contributed by atoms with Gasteiger partial charge in [0.1, 0.15) is 0 Å². The van der Waals surface area contributed by atoms with Crippen molar-refractivity contribution < 1.29 is 71.2 Å². The van der Waals surface area contributed by atoms with Gasteiger partial charge in [0.2, 0.25) is 17.7 Å². The number of benzene rings is 2. The van der Waals surface area contributed by atoms with Crippen molar-refractivity contribution in [3.63, 3.8) is 0 Å². The molecule has 0 radical (unpaired) electrons. The van der Waals surface area contributed by atoms with Gasteiger partial charge in [0.25, 0.3) is 0 Å². The summed E-state index contributed by atoms with van der Waals surface area (Å²) in [6, 6.07) is 15.4. The molecule has 2 N–H and O–H groups in total. The molecule has 0 bridgehead atoms. The van der Waals surface area contributed by atoms with E-state index < -0.39 is 0 Å². The van der Waals surface area contributed by atoms with Crippen LogP contribution >= 0.6 is 0 Å². The Hall–Kier alpha value is -4.07. The van der Waals surface area contributed by atoms with Crippen LogP contribution in [0.25, 0.3) is 0 Å². The summed E-state index contributed by atoms with van der Waals surface area (Å²) in [6.45, 7) is 13.5. The Morgan fingerprint density at radius 2 is 0.815 bits per heavy atom. The quantitative estimate of drug-likeness (QED) is 0.0728. The molecule has 3 rings (SSSR count). The predicted octanol–water partition coefficient (Wildman–Crippen LogP) is 2.16. The zero-order chi connectivity index (χ0) is 46.1. The number of hydrogen-bond donors (Lipinski definition) is 2. The molecule has 0 fully saturated rings. The lowest BCUT2D eigenvalue weighted by Crippen LogP contribution is -2.35. The van der Waals surface area contributed by atoms with E-state index in [2.05, 4.69) is 22.5 Å². The van der Waals surface area contributed by atoms with Crippen molar-refractivity contribution in [3.05, 3.63) is 65.2 Å². The monoisotopic (exact) mass is 917 g/mol. The van der Waals surface area contributed by atoms with E-state index in [4.69, 9.17) is 56.8 Å². The summed E-state index contributed by atoms with van der Waals surface area (Å²) in [6.07, 6.45) is 0.361. The van der Waals surface area contributed by atoms with Gasteiger partial charge in [-0.25, -0.2) is 0 Å². The van der Waals surface area contributed by atoms with E-state index in [-0.39, 0.29) is 43.7 Å². The molecule has 0 saturated heterocycles. The van der Waals surface area contributed by atoms with E-state index in [1.54, 1.807) is 4.90 Å². The molecule has 1 aliphatic heterocycles. The molecule has 0 spiro atoms. The Labute approximate surface area is 384 Å². The third-order valence-electron chi connectivity index (χ3n) is 9.02. The number of carbonyl (C=O) groups excluding carboxylic acids is 3. The molecule has 0 saturated carbocycles. The molecular formula is C47H71N3O15. The Morgan fingerprint density at radius 3 is 1.26 bits per heavy atom. The minimum absolute atomic E-state index is 0.0683. The molecule has 0 unspecified atom stereocenters. The molecule has 1 heterocycles. The van der Waals surface area contributed by atoms with Crippen LogP contribution in [0.15, 0.2) is 48.5 Å². The number of ether oxygens (including phenoxy) is 12. The highest BCUT2D eigenvalue weighted by Crippen LogP contribution is 2.25. The fourth-order valence-electron chi connectivity index (χ4n) is 5.72. The zero-order valence-electron chi connectivity index (χ0n) is 38.2. The van der Waals surface area contributed by atoms with E-state index >= 15 is 0 Å². The van der Waals surface area contributed by atoms with Crippen molar-refractivity contribution in [2.45, 2.75) is 26.3 Å². The molecule has 65 heavy (non-hydrogen) atoms. The highest BCUT2D eigenvalue weighted by molar-refractivity contribution is 5.95. The lowest BCUT2D eigenvalue weighted by atomic mass is 10.0. The number of carbonyl (C=O) groups is 3. The number of anilines is 1. The van der Waals surface area contributed by atoms with Crippen LogP contribution in [-0.4, -0.2) is 189 Å². The SMILES string of the molecule is CC(=O)NCCOCCOCCOCCOCCOCCOCCOCCOCCOCCOCCOCCOCCC(=O)NCCC(=O)N1Cc2ccccc2C#Cc2ccccc21. The second-order valence-electron chi connectivity index (χ2n) is 14.1. The topological polar surface area (TPSA) is 189 Å². The molecule has 0 aliphatic carbocycles. The maximum absolute atomic E-state index is 13.3. The standard InChI is InChI=1S/C47H71N3O15/c1-41(51)48-15-17-55-19-21-57-23-25-59-27-29-61-31-33-63-35-37-65-39-38-64-36-34-62-32-30-60-28-26-58-24-22-56-20-18-54-16-13-46(52)49-14-12-47(53)50-40-44-8-3-2-6-42(44)10-11-43-7-4-5-9-45(43)50/h2-9H,12-40H2,1H3,(H,48,51)(H,49,52). The van der Waals surface area contributed by atoms with Gasteiger partial charge in [0.15, 0.2) is 0 Å². The first-order chi connectivity index (χ1) is 32.0. The summed E-state index contributed by atoms with van der Waals surface area (Å²) in [7, 11) is 0. The smallest absolute Gasteiger partial charge is 0.229 e. The zero-order valence-corrected chi connectivity index (χ0v) is 38.2. The van der Waals surface area contributed by atoms with Gasteiger partial charge in [0.05, 0.1) is 171 Å². The molecule has 2 aromatic rings. The highest BCUT2D eigenvalue weighted by Gasteiger charge is 2.21. The van der Waals surface area contributed by atoms with E-state index in [1.165, 1.54) is 6.92 Å². The van der Waals surface area contributed by atoms with Crippen LogP contribution in [0.1, 0.15) is 36.5 Å². The van der Waals surface area contributed by atoms with Crippen LogP contribution in [0.3, 0.4) is 0 Å². The first-order valence-electron chi connectivity index (χ1n) is 22.5.